The number of non-ortho nitro benzene ring substituents is 1. The van der Waals surface area contributed by atoms with Crippen LogP contribution < -0.4 is 5.76 Å². The lowest BCUT2D eigenvalue weighted by Gasteiger charge is -2.05. The highest BCUT2D eigenvalue weighted by atomic mass is 16.6. The summed E-state index contributed by atoms with van der Waals surface area (Å²) in [5.41, 5.74) is 1.36. The summed E-state index contributed by atoms with van der Waals surface area (Å²) in [6, 6.07) is 3.70. The molecular formula is C15H13N3O7. The van der Waals surface area contributed by atoms with Gasteiger partial charge in [0.1, 0.15) is 18.9 Å². The maximum Gasteiger partial charge on any atom is 0.420 e. The number of rotatable bonds is 5. The Hall–Kier alpha value is -3.43. The summed E-state index contributed by atoms with van der Waals surface area (Å²) in [6.45, 7) is 3.01. The van der Waals surface area contributed by atoms with Crippen LogP contribution in [0.5, 0.6) is 0 Å². The molecule has 0 bridgehead atoms. The van der Waals surface area contributed by atoms with Crippen molar-refractivity contribution in [3.8, 4) is 0 Å². The summed E-state index contributed by atoms with van der Waals surface area (Å²) in [5, 5.41) is 14.5. The first-order valence-corrected chi connectivity index (χ1v) is 7.22. The number of oxazole rings is 1. The van der Waals surface area contributed by atoms with Crippen LogP contribution in [0.1, 0.15) is 17.0 Å². The molecule has 0 aliphatic carbocycles. The van der Waals surface area contributed by atoms with Crippen molar-refractivity contribution >= 4 is 22.8 Å². The number of aromatic nitrogens is 2. The first-order chi connectivity index (χ1) is 11.9. The fourth-order valence-corrected chi connectivity index (χ4v) is 2.35. The summed E-state index contributed by atoms with van der Waals surface area (Å²) in [5.74, 6) is -0.920. The zero-order valence-corrected chi connectivity index (χ0v) is 13.3. The average Bonchev–Trinajstić information content (AvgIpc) is 3.04. The third kappa shape index (κ3) is 3.13. The quantitative estimate of drug-likeness (QED) is 0.388. The molecule has 0 saturated heterocycles. The van der Waals surface area contributed by atoms with Crippen molar-refractivity contribution in [3.63, 3.8) is 0 Å². The zero-order valence-electron chi connectivity index (χ0n) is 13.3. The van der Waals surface area contributed by atoms with Crippen molar-refractivity contribution in [1.82, 2.24) is 9.72 Å². The van der Waals surface area contributed by atoms with Crippen molar-refractivity contribution in [2.75, 3.05) is 0 Å². The number of hydrogen-bond donors (Lipinski definition) is 0. The molecular weight excluding hydrogens is 334 g/mol. The SMILES string of the molecule is Cc1noc(C)c1COC(=O)Cn1c(=O)oc2cc([N+](=O)[O-])ccc21. The lowest BCUT2D eigenvalue weighted by Crippen LogP contribution is -2.21. The Morgan fingerprint density at radius 1 is 1.40 bits per heavy atom. The third-order valence-electron chi connectivity index (χ3n) is 3.71. The highest BCUT2D eigenvalue weighted by Gasteiger charge is 2.18. The second-order valence-corrected chi connectivity index (χ2v) is 5.33. The van der Waals surface area contributed by atoms with Gasteiger partial charge in [-0.05, 0) is 19.9 Å². The van der Waals surface area contributed by atoms with Gasteiger partial charge in [0.05, 0.1) is 27.8 Å². The van der Waals surface area contributed by atoms with E-state index < -0.39 is 16.6 Å². The highest BCUT2D eigenvalue weighted by Crippen LogP contribution is 2.20. The van der Waals surface area contributed by atoms with Gasteiger partial charge in [-0.15, -0.1) is 0 Å². The zero-order chi connectivity index (χ0) is 18.1. The van der Waals surface area contributed by atoms with Crippen LogP contribution in [-0.4, -0.2) is 20.6 Å². The molecule has 0 amide bonds. The predicted molar refractivity (Wildman–Crippen MR) is 82.9 cm³/mol. The first-order valence-electron chi connectivity index (χ1n) is 7.22. The standard InChI is InChI=1S/C15H13N3O7/c1-8-11(9(2)25-16-8)7-23-14(19)6-17-12-4-3-10(18(21)22)5-13(12)24-15(17)20/h3-5H,6-7H2,1-2H3. The molecule has 3 rings (SSSR count). The van der Waals surface area contributed by atoms with Crippen molar-refractivity contribution in [2.24, 2.45) is 0 Å². The fraction of sp³-hybridized carbons (Fsp3) is 0.267. The summed E-state index contributed by atoms with van der Waals surface area (Å²) < 4.78 is 16.1. The molecule has 3 aromatic rings. The molecule has 0 N–H and O–H groups in total. The van der Waals surface area contributed by atoms with Crippen molar-refractivity contribution in [1.29, 1.82) is 0 Å². The van der Waals surface area contributed by atoms with Crippen LogP contribution in [0.15, 0.2) is 31.9 Å². The second kappa shape index (κ2) is 6.23. The molecule has 0 unspecified atom stereocenters. The van der Waals surface area contributed by atoms with Crippen LogP contribution in [0.2, 0.25) is 0 Å². The smallest absolute Gasteiger partial charge is 0.420 e. The maximum atomic E-state index is 12.0. The Labute approximate surface area is 139 Å². The van der Waals surface area contributed by atoms with E-state index in [1.54, 1.807) is 13.8 Å². The third-order valence-corrected chi connectivity index (χ3v) is 3.71. The number of hydrogen-bond acceptors (Lipinski definition) is 8. The lowest BCUT2D eigenvalue weighted by molar-refractivity contribution is -0.384. The van der Waals surface area contributed by atoms with Crippen LogP contribution >= 0.6 is 0 Å². The van der Waals surface area contributed by atoms with E-state index >= 15 is 0 Å². The van der Waals surface area contributed by atoms with Crippen molar-refractivity contribution in [3.05, 3.63) is 55.9 Å². The monoisotopic (exact) mass is 347 g/mol. The number of nitro benzene ring substituents is 1. The van der Waals surface area contributed by atoms with E-state index in [4.69, 9.17) is 13.7 Å². The van der Waals surface area contributed by atoms with Crippen molar-refractivity contribution in [2.45, 2.75) is 27.0 Å². The molecule has 0 radical (unpaired) electrons. The number of carbonyl (C=O) groups excluding carboxylic acids is 1. The van der Waals surface area contributed by atoms with E-state index in [-0.39, 0.29) is 29.9 Å². The number of fused-ring (bicyclic) bond motifs is 1. The van der Waals surface area contributed by atoms with Gasteiger partial charge in [0.2, 0.25) is 0 Å². The minimum absolute atomic E-state index is 0.0257. The molecule has 25 heavy (non-hydrogen) atoms. The van der Waals surface area contributed by atoms with Crippen molar-refractivity contribution < 1.29 is 23.4 Å². The van der Waals surface area contributed by atoms with Gasteiger partial charge < -0.3 is 13.7 Å². The summed E-state index contributed by atoms with van der Waals surface area (Å²) in [7, 11) is 0. The van der Waals surface area contributed by atoms with Crippen LogP contribution in [0.3, 0.4) is 0 Å². The number of aryl methyl sites for hydroxylation is 2. The number of benzene rings is 1. The molecule has 0 fully saturated rings. The molecule has 10 heteroatoms. The van der Waals surface area contributed by atoms with E-state index in [2.05, 4.69) is 5.16 Å². The predicted octanol–water partition coefficient (Wildman–Crippen LogP) is 1.85. The number of nitro groups is 1. The number of esters is 1. The fourth-order valence-electron chi connectivity index (χ4n) is 2.35. The summed E-state index contributed by atoms with van der Waals surface area (Å²) >= 11 is 0. The second-order valence-electron chi connectivity index (χ2n) is 5.33. The average molecular weight is 347 g/mol. The Bertz CT molecular complexity index is 1010. The van der Waals surface area contributed by atoms with Gasteiger partial charge in [-0.1, -0.05) is 5.16 Å². The van der Waals surface area contributed by atoms with Crippen LogP contribution in [0, 0.1) is 24.0 Å². The molecule has 2 aromatic heterocycles. The Morgan fingerprint density at radius 3 is 2.80 bits per heavy atom. The minimum Gasteiger partial charge on any atom is -0.459 e. The molecule has 1 aromatic carbocycles. The largest absolute Gasteiger partial charge is 0.459 e. The lowest BCUT2D eigenvalue weighted by atomic mass is 10.2. The van der Waals surface area contributed by atoms with Gasteiger partial charge in [-0.25, -0.2) is 4.79 Å². The summed E-state index contributed by atoms with van der Waals surface area (Å²) in [4.78, 5) is 34.1. The Kier molecular flexibility index (Phi) is 4.09. The van der Waals surface area contributed by atoms with E-state index in [0.717, 1.165) is 10.6 Å². The molecule has 0 saturated carbocycles. The van der Waals surface area contributed by atoms with Gasteiger partial charge in [0.25, 0.3) is 5.69 Å². The number of ether oxygens (including phenoxy) is 1. The number of nitrogens with zero attached hydrogens (tertiary/aromatic N) is 3. The highest BCUT2D eigenvalue weighted by molar-refractivity contribution is 5.78. The van der Waals surface area contributed by atoms with E-state index in [1.165, 1.54) is 12.1 Å². The first kappa shape index (κ1) is 16.4. The summed E-state index contributed by atoms with van der Waals surface area (Å²) in [6.07, 6.45) is 0. The Morgan fingerprint density at radius 2 is 2.16 bits per heavy atom. The molecule has 130 valence electrons. The molecule has 10 nitrogen and oxygen atoms in total. The van der Waals surface area contributed by atoms with E-state index in [9.17, 15) is 19.7 Å². The van der Waals surface area contributed by atoms with E-state index in [1.807, 2.05) is 0 Å². The molecule has 0 aliphatic heterocycles. The number of carbonyl (C=O) groups is 1. The Balaban J connectivity index is 1.78. The van der Waals surface area contributed by atoms with Gasteiger partial charge in [0, 0.05) is 6.07 Å². The molecule has 0 atom stereocenters. The van der Waals surface area contributed by atoms with Crippen LogP contribution in [0.4, 0.5) is 5.69 Å². The van der Waals surface area contributed by atoms with Crippen LogP contribution in [0.25, 0.3) is 11.1 Å². The van der Waals surface area contributed by atoms with Gasteiger partial charge >= 0.3 is 11.7 Å². The molecule has 2 heterocycles. The molecule has 0 aliphatic rings. The maximum absolute atomic E-state index is 12.0. The van der Waals surface area contributed by atoms with Gasteiger partial charge in [0.15, 0.2) is 5.58 Å². The normalized spacial score (nSPS) is 11.0. The topological polar surface area (TPSA) is 131 Å². The van der Waals surface area contributed by atoms with E-state index in [0.29, 0.717) is 17.0 Å². The van der Waals surface area contributed by atoms with Crippen LogP contribution in [-0.2, 0) is 22.7 Å². The minimum atomic E-state index is -0.801. The molecule has 0 spiro atoms. The van der Waals surface area contributed by atoms with Gasteiger partial charge in [-0.2, -0.15) is 0 Å². The van der Waals surface area contributed by atoms with Gasteiger partial charge in [-0.3, -0.25) is 19.5 Å².